The molecule has 0 saturated heterocycles. The summed E-state index contributed by atoms with van der Waals surface area (Å²) in [5.41, 5.74) is 37.8. The highest BCUT2D eigenvalue weighted by Gasteiger charge is 2.35. The van der Waals surface area contributed by atoms with Crippen LogP contribution in [0.25, 0.3) is 198 Å². The zero-order valence-corrected chi connectivity index (χ0v) is 78.3. The smallest absolute Gasteiger partial charge is 0.135 e. The molecular formula is C130H102N4O3. The second-order valence-electron chi connectivity index (χ2n) is 36.7. The van der Waals surface area contributed by atoms with E-state index >= 15 is 0 Å². The van der Waals surface area contributed by atoms with Gasteiger partial charge >= 0.3 is 0 Å². The fourth-order valence-electron chi connectivity index (χ4n) is 20.4. The molecule has 20 aromatic carbocycles. The second-order valence-corrected chi connectivity index (χ2v) is 36.7. The quantitative estimate of drug-likeness (QED) is 0.173. The molecule has 0 bridgehead atoms. The van der Waals surface area contributed by atoms with E-state index in [0.29, 0.717) is 0 Å². The predicted molar refractivity (Wildman–Crippen MR) is 580 cm³/mol. The summed E-state index contributed by atoms with van der Waals surface area (Å²) < 4.78 is 26.7. The Kier molecular flexibility index (Phi) is 22.6. The third kappa shape index (κ3) is 16.1. The maximum atomic E-state index is 5.73. The fourth-order valence-corrected chi connectivity index (χ4v) is 20.4. The minimum Gasteiger partial charge on any atom is -0.456 e. The van der Waals surface area contributed by atoms with Crippen LogP contribution < -0.4 is 0 Å². The van der Waals surface area contributed by atoms with Crippen molar-refractivity contribution in [2.75, 3.05) is 0 Å². The van der Waals surface area contributed by atoms with Crippen molar-refractivity contribution in [2.24, 2.45) is 0 Å². The van der Waals surface area contributed by atoms with Crippen molar-refractivity contribution in [2.45, 2.75) is 67.7 Å². The summed E-state index contributed by atoms with van der Waals surface area (Å²) in [5, 5.41) is 17.8. The molecular weight excluding hydrogens is 1670 g/mol. The third-order valence-corrected chi connectivity index (χ3v) is 27.0. The first-order valence-corrected chi connectivity index (χ1v) is 47.2. The van der Waals surface area contributed by atoms with Crippen LogP contribution in [0.4, 0.5) is 0 Å². The van der Waals surface area contributed by atoms with Gasteiger partial charge in [-0.05, 0) is 256 Å². The Labute approximate surface area is 796 Å². The first-order chi connectivity index (χ1) is 67.1. The van der Waals surface area contributed by atoms with E-state index in [2.05, 4.69) is 463 Å². The summed E-state index contributed by atoms with van der Waals surface area (Å²) in [5.74, 6) is 0. The second kappa shape index (κ2) is 36.2. The molecule has 7 heteroatoms. The highest BCUT2D eigenvalue weighted by Crippen LogP contribution is 2.49. The fraction of sp³-hybridized carbons (Fsp3) is 0.0769. The molecule has 27 aromatic rings. The minimum atomic E-state index is 0.0233. The van der Waals surface area contributed by atoms with Crippen LogP contribution in [-0.2, 0) is 5.41 Å². The van der Waals surface area contributed by atoms with Crippen LogP contribution in [0.3, 0.4) is 0 Å². The lowest BCUT2D eigenvalue weighted by molar-refractivity contribution is 0.630. The number of furan rings is 3. The van der Waals surface area contributed by atoms with E-state index in [4.69, 9.17) is 13.3 Å². The number of fused-ring (bicyclic) bond motifs is 23. The van der Waals surface area contributed by atoms with Gasteiger partial charge in [0.1, 0.15) is 33.5 Å². The van der Waals surface area contributed by atoms with Gasteiger partial charge in [-0.3, -0.25) is 0 Å². The molecule has 0 aliphatic carbocycles. The van der Waals surface area contributed by atoms with E-state index < -0.39 is 0 Å². The van der Waals surface area contributed by atoms with Gasteiger partial charge in [0, 0.05) is 97.9 Å². The Balaban J connectivity index is 0.0000000937. The minimum absolute atomic E-state index is 0.0233. The van der Waals surface area contributed by atoms with Gasteiger partial charge in [-0.25, -0.2) is 0 Å². The van der Waals surface area contributed by atoms with Crippen molar-refractivity contribution >= 4 is 153 Å². The van der Waals surface area contributed by atoms with E-state index in [-0.39, 0.29) is 5.41 Å². The molecule has 1 aliphatic rings. The number of hydrogen-bond acceptors (Lipinski definition) is 3. The van der Waals surface area contributed by atoms with Gasteiger partial charge in [-0.15, -0.1) is 0 Å². The lowest BCUT2D eigenvalue weighted by Crippen LogP contribution is -2.26. The number of para-hydroxylation sites is 9. The van der Waals surface area contributed by atoms with Crippen molar-refractivity contribution in [1.82, 2.24) is 18.3 Å². The monoisotopic (exact) mass is 1770 g/mol. The molecule has 0 fully saturated rings. The van der Waals surface area contributed by atoms with Gasteiger partial charge < -0.3 is 31.5 Å². The number of hydrogen-bond donors (Lipinski definition) is 0. The lowest BCUT2D eigenvalue weighted by Gasteiger charge is -2.34. The molecule has 0 amide bonds. The van der Waals surface area contributed by atoms with Gasteiger partial charge in [0.2, 0.25) is 0 Å². The zero-order valence-electron chi connectivity index (χ0n) is 78.3. The Morgan fingerprint density at radius 3 is 1.08 bits per heavy atom. The molecule has 1 aliphatic heterocycles. The van der Waals surface area contributed by atoms with Crippen LogP contribution in [0, 0.1) is 48.5 Å². The average molecular weight is 1770 g/mol. The molecule has 0 radical (unpaired) electrons. The molecule has 0 unspecified atom stereocenters. The predicted octanol–water partition coefficient (Wildman–Crippen LogP) is 36.0. The zero-order chi connectivity index (χ0) is 92.9. The third-order valence-electron chi connectivity index (χ3n) is 27.0. The van der Waals surface area contributed by atoms with Crippen LogP contribution in [0.5, 0.6) is 0 Å². The number of benzene rings is 20. The van der Waals surface area contributed by atoms with E-state index in [1.54, 1.807) is 0 Å². The molecule has 660 valence electrons. The maximum absolute atomic E-state index is 5.73. The largest absolute Gasteiger partial charge is 0.456 e. The maximum Gasteiger partial charge on any atom is 0.135 e. The van der Waals surface area contributed by atoms with Crippen molar-refractivity contribution in [3.63, 3.8) is 0 Å². The Bertz CT molecular complexity index is 9180. The summed E-state index contributed by atoms with van der Waals surface area (Å²) >= 11 is 0. The first kappa shape index (κ1) is 85.5. The van der Waals surface area contributed by atoms with Crippen LogP contribution in [-0.4, -0.2) is 18.3 Å². The average Bonchev–Trinajstić information content (AvgIpc) is 1.54. The van der Waals surface area contributed by atoms with E-state index in [1.807, 2.05) is 72.8 Å². The van der Waals surface area contributed by atoms with Crippen LogP contribution in [0.1, 0.15) is 63.9 Å². The van der Waals surface area contributed by atoms with E-state index in [9.17, 15) is 0 Å². The SMILES string of the molecule is Cc1ccc2c(c1)c1cc(-c3ccccc3)ccc1n2-c1ccccc1.Cc1ccc2c(c1)c1cccc3c1n2-c1ccccc1C3(C)C.Cc1ccc2c(c1)c1ccccc1n2-c1ccccc1.Cc1ccc2c(c1)oc1ccccc12.Cc1ccc2c3cc(-c4ccccc4)ccc3n(-c3ccccc3)c2c1.Cc1ccc2oc3ccccc3c2c1.Cc1cccc2oc3ccccc3c12. The van der Waals surface area contributed by atoms with Crippen molar-refractivity contribution in [3.8, 4) is 45.0 Å². The number of nitrogens with zero attached hydrogens (tertiary/aromatic N) is 4. The topological polar surface area (TPSA) is 59.1 Å². The molecule has 0 spiro atoms. The molecule has 7 nitrogen and oxygen atoms in total. The molecule has 0 atom stereocenters. The van der Waals surface area contributed by atoms with Gasteiger partial charge in [0.25, 0.3) is 0 Å². The van der Waals surface area contributed by atoms with Gasteiger partial charge in [-0.1, -0.05) is 333 Å². The van der Waals surface area contributed by atoms with E-state index in [0.717, 1.165) is 33.5 Å². The summed E-state index contributed by atoms with van der Waals surface area (Å²) in [6.45, 7) is 19.6. The van der Waals surface area contributed by atoms with Crippen LogP contribution in [0.15, 0.2) is 468 Å². The summed E-state index contributed by atoms with van der Waals surface area (Å²) in [4.78, 5) is 0. The molecule has 7 aromatic heterocycles. The Morgan fingerprint density at radius 2 is 0.511 bits per heavy atom. The highest BCUT2D eigenvalue weighted by atomic mass is 16.3. The lowest BCUT2D eigenvalue weighted by atomic mass is 9.75. The Hall–Kier alpha value is -17.0. The van der Waals surface area contributed by atoms with Gasteiger partial charge in [0.05, 0.1) is 49.8 Å². The van der Waals surface area contributed by atoms with Crippen molar-refractivity contribution < 1.29 is 13.3 Å². The number of aromatic nitrogens is 4. The standard InChI is InChI=1S/2C25H19N.C22H19N.C19H15N.3C13H10O/c1-18-12-14-24-22(16-18)23-17-20(19-8-4-2-5-9-19)13-15-25(23)26(24)21-10-6-3-7-11-21;1-18-12-14-22-23-17-20(19-8-4-2-5-9-19)13-15-24(23)26(25(22)16-18)21-10-6-3-7-11-21;1-14-11-12-19-16(13-14)15-7-6-9-18-21(15)23(19)20-10-5-4-8-17(20)22(18,2)3;1-14-11-12-19-17(13-14)16-9-5-6-10-18(16)20(19)15-7-3-2-4-8-15;1-9-5-4-8-12-13(9)10-6-2-3-7-11(10)14-12;1-9-6-7-13-11(8-9)10-4-2-3-5-12(10)14-13;1-9-6-7-11-10-4-2-3-5-12(10)14-13(11)8-9/h2*2-17H,1H3;4-13H,1-3H3;2-13H,1H3;3*2-8H,1H3. The first-order valence-electron chi connectivity index (χ1n) is 47.2. The molecule has 137 heavy (non-hydrogen) atoms. The number of rotatable bonds is 5. The van der Waals surface area contributed by atoms with Crippen molar-refractivity contribution in [1.29, 1.82) is 0 Å². The molecule has 8 heterocycles. The molecule has 28 rings (SSSR count). The van der Waals surface area contributed by atoms with Gasteiger partial charge in [-0.2, -0.15) is 0 Å². The summed E-state index contributed by atoms with van der Waals surface area (Å²) in [7, 11) is 0. The normalized spacial score (nSPS) is 11.9. The van der Waals surface area contributed by atoms with Crippen molar-refractivity contribution in [3.05, 3.63) is 505 Å². The van der Waals surface area contributed by atoms with Crippen LogP contribution in [0.2, 0.25) is 0 Å². The molecule has 0 saturated carbocycles. The number of aryl methyl sites for hydroxylation is 7. The summed E-state index contributed by atoms with van der Waals surface area (Å²) in [6, 6.07) is 161. The Morgan fingerprint density at radius 1 is 0.182 bits per heavy atom. The van der Waals surface area contributed by atoms with E-state index in [1.165, 1.54) is 215 Å². The van der Waals surface area contributed by atoms with Gasteiger partial charge in [0.15, 0.2) is 0 Å². The molecule has 0 N–H and O–H groups in total. The highest BCUT2D eigenvalue weighted by molar-refractivity contribution is 6.15. The van der Waals surface area contributed by atoms with Crippen LogP contribution >= 0.6 is 0 Å². The summed E-state index contributed by atoms with van der Waals surface area (Å²) in [6.07, 6.45) is 0.